The van der Waals surface area contributed by atoms with Crippen molar-refractivity contribution in [1.82, 2.24) is 24.6 Å². The molecule has 1 fully saturated rings. The summed E-state index contributed by atoms with van der Waals surface area (Å²) in [5.74, 6) is 1.47. The molecule has 1 saturated heterocycles. The van der Waals surface area contributed by atoms with Gasteiger partial charge in [-0.25, -0.2) is 4.98 Å². The zero-order valence-electron chi connectivity index (χ0n) is 12.8. The molecule has 1 amide bonds. The maximum Gasteiger partial charge on any atom is 0.259 e. The highest BCUT2D eigenvalue weighted by Gasteiger charge is 2.29. The van der Waals surface area contributed by atoms with Crippen molar-refractivity contribution in [1.29, 1.82) is 0 Å². The Morgan fingerprint density at radius 3 is 3.05 bits per heavy atom. The number of aryl methyl sites for hydroxylation is 1. The van der Waals surface area contributed by atoms with E-state index in [1.54, 1.807) is 24.7 Å². The highest BCUT2D eigenvalue weighted by Crippen LogP contribution is 2.27. The first-order chi connectivity index (χ1) is 10.7. The summed E-state index contributed by atoms with van der Waals surface area (Å²) in [5, 5.41) is 8.11. The van der Waals surface area contributed by atoms with Gasteiger partial charge in [0.15, 0.2) is 0 Å². The van der Waals surface area contributed by atoms with E-state index >= 15 is 0 Å². The van der Waals surface area contributed by atoms with Crippen LogP contribution in [0.25, 0.3) is 0 Å². The Labute approximate surface area is 128 Å². The third-order valence-corrected chi connectivity index (χ3v) is 4.02. The number of piperidine rings is 1. The highest BCUT2D eigenvalue weighted by atomic mass is 16.5. The maximum absolute atomic E-state index is 12.7. The molecule has 0 spiro atoms. The van der Waals surface area contributed by atoms with Gasteiger partial charge in [-0.1, -0.05) is 0 Å². The van der Waals surface area contributed by atoms with Crippen LogP contribution in [-0.2, 0) is 7.05 Å². The zero-order valence-corrected chi connectivity index (χ0v) is 12.8. The molecule has 7 heteroatoms. The molecule has 7 nitrogen and oxygen atoms in total. The number of carbonyl (C=O) groups excluding carboxylic acids is 1. The summed E-state index contributed by atoms with van der Waals surface area (Å²) in [6.45, 7) is 1.38. The normalized spacial score (nSPS) is 18.3. The average Bonchev–Trinajstić information content (AvgIpc) is 3.00. The van der Waals surface area contributed by atoms with Crippen molar-refractivity contribution in [2.45, 2.75) is 18.8 Å². The number of amides is 1. The van der Waals surface area contributed by atoms with E-state index in [1.165, 1.54) is 7.11 Å². The maximum atomic E-state index is 12.7. The number of carbonyl (C=O) groups is 1. The number of hydrogen-bond donors (Lipinski definition) is 0. The monoisotopic (exact) mass is 301 g/mol. The van der Waals surface area contributed by atoms with Crippen LogP contribution in [0.2, 0.25) is 0 Å². The number of aromatic nitrogens is 4. The van der Waals surface area contributed by atoms with Crippen LogP contribution in [0.5, 0.6) is 5.88 Å². The van der Waals surface area contributed by atoms with Crippen LogP contribution in [0.1, 0.15) is 34.9 Å². The second-order valence-corrected chi connectivity index (χ2v) is 5.45. The number of rotatable bonds is 3. The van der Waals surface area contributed by atoms with Crippen molar-refractivity contribution >= 4 is 5.91 Å². The average molecular weight is 301 g/mol. The number of ether oxygens (including phenoxy) is 1. The van der Waals surface area contributed by atoms with Crippen molar-refractivity contribution in [2.24, 2.45) is 7.05 Å². The highest BCUT2D eigenvalue weighted by molar-refractivity contribution is 5.96. The fourth-order valence-corrected chi connectivity index (χ4v) is 2.92. The first-order valence-corrected chi connectivity index (χ1v) is 7.33. The van der Waals surface area contributed by atoms with E-state index in [1.807, 2.05) is 16.5 Å². The van der Waals surface area contributed by atoms with Gasteiger partial charge in [0.05, 0.1) is 7.11 Å². The van der Waals surface area contributed by atoms with Crippen molar-refractivity contribution in [2.75, 3.05) is 20.2 Å². The molecule has 0 bridgehead atoms. The molecule has 1 aliphatic rings. The van der Waals surface area contributed by atoms with Crippen LogP contribution < -0.4 is 4.74 Å². The van der Waals surface area contributed by atoms with Gasteiger partial charge < -0.3 is 14.2 Å². The lowest BCUT2D eigenvalue weighted by Crippen LogP contribution is -2.39. The van der Waals surface area contributed by atoms with Crippen LogP contribution in [0.15, 0.2) is 24.7 Å². The van der Waals surface area contributed by atoms with E-state index in [-0.39, 0.29) is 11.8 Å². The topological polar surface area (TPSA) is 73.1 Å². The first kappa shape index (κ1) is 14.5. The Balaban J connectivity index is 1.80. The Kier molecular flexibility index (Phi) is 4.04. The van der Waals surface area contributed by atoms with Crippen LogP contribution in [0, 0.1) is 0 Å². The SMILES string of the molecule is COc1ncccc1C(=O)N1CCCC(c2nncn2C)C1. The number of methoxy groups -OCH3 is 1. The molecular weight excluding hydrogens is 282 g/mol. The molecule has 1 aliphatic heterocycles. The van der Waals surface area contributed by atoms with Crippen molar-refractivity contribution in [3.05, 3.63) is 36.0 Å². The lowest BCUT2D eigenvalue weighted by molar-refractivity contribution is 0.0699. The molecule has 22 heavy (non-hydrogen) atoms. The number of pyridine rings is 1. The third kappa shape index (κ3) is 2.66. The number of nitrogens with zero attached hydrogens (tertiary/aromatic N) is 5. The summed E-state index contributed by atoms with van der Waals surface area (Å²) < 4.78 is 7.11. The Bertz CT molecular complexity index is 669. The van der Waals surface area contributed by atoms with Crippen molar-refractivity contribution in [3.8, 4) is 5.88 Å². The number of hydrogen-bond acceptors (Lipinski definition) is 5. The van der Waals surface area contributed by atoms with Gasteiger partial charge in [-0.2, -0.15) is 0 Å². The Morgan fingerprint density at radius 2 is 2.32 bits per heavy atom. The lowest BCUT2D eigenvalue weighted by Gasteiger charge is -2.32. The van der Waals surface area contributed by atoms with Gasteiger partial charge in [-0.3, -0.25) is 4.79 Å². The Hall–Kier alpha value is -2.44. The minimum Gasteiger partial charge on any atom is -0.480 e. The standard InChI is InChI=1S/C15H19N5O2/c1-19-10-17-18-13(19)11-5-4-8-20(9-11)15(21)12-6-3-7-16-14(12)22-2/h3,6-7,10-11H,4-5,8-9H2,1-2H3. The van der Waals surface area contributed by atoms with E-state index in [2.05, 4.69) is 15.2 Å². The van der Waals surface area contributed by atoms with Gasteiger partial charge in [-0.15, -0.1) is 10.2 Å². The van der Waals surface area contributed by atoms with Crippen molar-refractivity contribution in [3.63, 3.8) is 0 Å². The van der Waals surface area contributed by atoms with E-state index in [4.69, 9.17) is 4.74 Å². The second-order valence-electron chi connectivity index (χ2n) is 5.45. The van der Waals surface area contributed by atoms with E-state index in [0.717, 1.165) is 25.2 Å². The van der Waals surface area contributed by atoms with Gasteiger partial charge in [0.1, 0.15) is 17.7 Å². The van der Waals surface area contributed by atoms with Gasteiger partial charge in [0, 0.05) is 32.3 Å². The molecule has 0 aromatic carbocycles. The molecule has 2 aromatic rings. The quantitative estimate of drug-likeness (QED) is 0.853. The predicted octanol–water partition coefficient (Wildman–Crippen LogP) is 1.24. The van der Waals surface area contributed by atoms with E-state index < -0.39 is 0 Å². The second kappa shape index (κ2) is 6.13. The predicted molar refractivity (Wildman–Crippen MR) is 79.7 cm³/mol. The molecule has 3 rings (SSSR count). The number of likely N-dealkylation sites (tertiary alicyclic amines) is 1. The molecule has 1 unspecified atom stereocenters. The fraction of sp³-hybridized carbons (Fsp3) is 0.467. The third-order valence-electron chi connectivity index (χ3n) is 4.02. The van der Waals surface area contributed by atoms with Gasteiger partial charge in [0.2, 0.25) is 5.88 Å². The Morgan fingerprint density at radius 1 is 1.45 bits per heavy atom. The van der Waals surface area contributed by atoms with Gasteiger partial charge >= 0.3 is 0 Å². The van der Waals surface area contributed by atoms with Gasteiger partial charge in [0.25, 0.3) is 5.91 Å². The summed E-state index contributed by atoms with van der Waals surface area (Å²) in [7, 11) is 3.46. The minimum absolute atomic E-state index is 0.0446. The molecular formula is C15H19N5O2. The van der Waals surface area contributed by atoms with Crippen molar-refractivity contribution < 1.29 is 9.53 Å². The van der Waals surface area contributed by atoms with E-state index in [9.17, 15) is 4.79 Å². The van der Waals surface area contributed by atoms with Gasteiger partial charge in [-0.05, 0) is 25.0 Å². The summed E-state index contributed by atoms with van der Waals surface area (Å²) in [6, 6.07) is 3.50. The molecule has 1 atom stereocenters. The summed E-state index contributed by atoms with van der Waals surface area (Å²) in [4.78, 5) is 18.7. The molecule has 0 radical (unpaired) electrons. The first-order valence-electron chi connectivity index (χ1n) is 7.33. The fourth-order valence-electron chi connectivity index (χ4n) is 2.92. The summed E-state index contributed by atoms with van der Waals surface area (Å²) in [6.07, 6.45) is 5.28. The molecule has 2 aromatic heterocycles. The zero-order chi connectivity index (χ0) is 15.5. The van der Waals surface area contributed by atoms with Crippen LogP contribution in [0.4, 0.5) is 0 Å². The molecule has 0 aliphatic carbocycles. The minimum atomic E-state index is -0.0446. The smallest absolute Gasteiger partial charge is 0.259 e. The molecule has 116 valence electrons. The lowest BCUT2D eigenvalue weighted by atomic mass is 9.96. The molecule has 3 heterocycles. The van der Waals surface area contributed by atoms with Crippen LogP contribution in [0.3, 0.4) is 0 Å². The van der Waals surface area contributed by atoms with Crippen LogP contribution in [-0.4, -0.2) is 50.8 Å². The van der Waals surface area contributed by atoms with E-state index in [0.29, 0.717) is 18.0 Å². The summed E-state index contributed by atoms with van der Waals surface area (Å²) >= 11 is 0. The molecule has 0 saturated carbocycles. The largest absolute Gasteiger partial charge is 0.480 e. The molecule has 0 N–H and O–H groups in total. The van der Waals surface area contributed by atoms with Crippen LogP contribution >= 0.6 is 0 Å². The summed E-state index contributed by atoms with van der Waals surface area (Å²) in [5.41, 5.74) is 0.503.